The van der Waals surface area contributed by atoms with Crippen molar-refractivity contribution in [3.63, 3.8) is 0 Å². The smallest absolute Gasteiger partial charge is 0.326 e. The van der Waals surface area contributed by atoms with Gasteiger partial charge in [0.15, 0.2) is 5.75 Å². The molecule has 9 unspecified atom stereocenters. The number of aliphatic carboxylic acids is 3. The number of anilines is 1. The molecule has 91 heavy (non-hydrogen) atoms. The first-order valence-corrected chi connectivity index (χ1v) is 28.4. The van der Waals surface area contributed by atoms with Gasteiger partial charge in [0.2, 0.25) is 47.3 Å². The quantitative estimate of drug-likeness (QED) is 0.0155. The lowest BCUT2D eigenvalue weighted by Crippen LogP contribution is -2.61. The predicted octanol–water partition coefficient (Wildman–Crippen LogP) is 0.560. The van der Waals surface area contributed by atoms with Crippen LogP contribution in [0, 0.1) is 16.0 Å². The van der Waals surface area contributed by atoms with Gasteiger partial charge < -0.3 is 74.0 Å². The van der Waals surface area contributed by atoms with Gasteiger partial charge in [0.25, 0.3) is 5.91 Å². The zero-order chi connectivity index (χ0) is 67.1. The van der Waals surface area contributed by atoms with Gasteiger partial charge in [-0.15, -0.1) is 0 Å². The van der Waals surface area contributed by atoms with Crippen LogP contribution < -0.4 is 53.6 Å². The Morgan fingerprint density at radius 1 is 0.429 bits per heavy atom. The molecule has 29 nitrogen and oxygen atoms in total. The van der Waals surface area contributed by atoms with Crippen molar-refractivity contribution in [1.82, 2.24) is 47.9 Å². The van der Waals surface area contributed by atoms with E-state index in [0.29, 0.717) is 16.7 Å². The number of benzene rings is 5. The summed E-state index contributed by atoms with van der Waals surface area (Å²) in [5, 5.41) is 72.9. The van der Waals surface area contributed by atoms with Crippen LogP contribution >= 0.6 is 0 Å². The van der Waals surface area contributed by atoms with Crippen LogP contribution in [0.4, 0.5) is 11.4 Å². The molecule has 0 saturated heterocycles. The van der Waals surface area contributed by atoms with Crippen LogP contribution in [-0.2, 0) is 78.4 Å². The number of nitro groups is 1. The van der Waals surface area contributed by atoms with Crippen LogP contribution in [-0.4, -0.2) is 151 Å². The summed E-state index contributed by atoms with van der Waals surface area (Å²) in [6, 6.07) is 19.2. The molecule has 0 aliphatic heterocycles. The number of nitrogen functional groups attached to an aromatic ring is 1. The normalized spacial score (nSPS) is 13.9. The van der Waals surface area contributed by atoms with Gasteiger partial charge in [0, 0.05) is 37.4 Å². The number of para-hydroxylation sites is 1. The van der Waals surface area contributed by atoms with Crippen molar-refractivity contribution in [2.75, 3.05) is 5.73 Å². The van der Waals surface area contributed by atoms with Gasteiger partial charge in [-0.05, 0) is 60.2 Å². The number of carbonyl (C=O) groups is 12. The number of aromatic hydroxyl groups is 1. The Labute approximate surface area is 520 Å². The highest BCUT2D eigenvalue weighted by Crippen LogP contribution is 2.27. The highest BCUT2D eigenvalue weighted by Gasteiger charge is 2.37. The van der Waals surface area contributed by atoms with E-state index in [-0.39, 0.29) is 36.1 Å². The standard InChI is InChI=1S/C62H71N11O18/c1-33(2)52(61(87)70-44(28-38-20-12-7-13-21-38)58(84)68-45(59(85)71-47(62(88)89)32-51(77)78)29-39-24-25-49(74)48(30-39)73(90)91)72-60(86)46(31-50(75)76)69-57(83)43(27-37-18-10-6-11-19-37)67-54(80)35(4)65-56(82)42(26-36-16-8-5-9-17-36)66-53(79)34(3)64-55(81)40-22-14-15-23-41(40)63/h5-25,30,33-35,42-47,52,74H,26-29,31-32,63H2,1-4H3,(H,64,81)(H,65,82)(H,66,79)(H,67,80)(H,68,84)(H,69,83)(H,70,87)(H,71,85)(H,72,86)(H,75,76)(H,77,78)(H,88,89). The Morgan fingerprint density at radius 3 is 1.22 bits per heavy atom. The Morgan fingerprint density at radius 2 is 0.791 bits per heavy atom. The number of nitrogens with one attached hydrogen (secondary N) is 9. The molecule has 15 N–H and O–H groups in total. The van der Waals surface area contributed by atoms with Crippen molar-refractivity contribution in [3.05, 3.63) is 171 Å². The molecule has 29 heteroatoms. The second kappa shape index (κ2) is 33.8. The van der Waals surface area contributed by atoms with E-state index >= 15 is 0 Å². The first-order chi connectivity index (χ1) is 43.1. The molecule has 0 aliphatic carbocycles. The van der Waals surface area contributed by atoms with Crippen LogP contribution in [0.1, 0.15) is 73.1 Å². The number of phenols is 1. The molecular weight excluding hydrogens is 1190 g/mol. The Bertz CT molecular complexity index is 3470. The minimum atomic E-state index is -2.03. The summed E-state index contributed by atoms with van der Waals surface area (Å²) in [7, 11) is 0. The molecule has 9 atom stereocenters. The lowest BCUT2D eigenvalue weighted by molar-refractivity contribution is -0.385. The maximum atomic E-state index is 14.4. The highest BCUT2D eigenvalue weighted by atomic mass is 16.6. The molecule has 0 fully saturated rings. The average Bonchev–Trinajstić information content (AvgIpc) is 1.48. The summed E-state index contributed by atoms with van der Waals surface area (Å²) in [5.74, 6) is -15.6. The number of carboxylic acid groups (broad SMARTS) is 3. The number of nitrogens with two attached hydrogens (primary N) is 1. The molecule has 0 heterocycles. The summed E-state index contributed by atoms with van der Waals surface area (Å²) in [5.41, 5.74) is 6.88. The van der Waals surface area contributed by atoms with Crippen molar-refractivity contribution in [3.8, 4) is 5.75 Å². The molecule has 482 valence electrons. The second-order valence-corrected chi connectivity index (χ2v) is 21.5. The molecular formula is C62H71N11O18. The Hall–Kier alpha value is -11.3. The van der Waals surface area contributed by atoms with Crippen LogP contribution in [0.5, 0.6) is 5.75 Å². The first-order valence-electron chi connectivity index (χ1n) is 28.4. The predicted molar refractivity (Wildman–Crippen MR) is 325 cm³/mol. The minimum Gasteiger partial charge on any atom is -0.502 e. The van der Waals surface area contributed by atoms with E-state index in [1.165, 1.54) is 39.8 Å². The van der Waals surface area contributed by atoms with E-state index in [4.69, 9.17) is 5.73 Å². The van der Waals surface area contributed by atoms with Gasteiger partial charge in [-0.2, -0.15) is 0 Å². The largest absolute Gasteiger partial charge is 0.502 e. The Kier molecular flexibility index (Phi) is 26.1. The summed E-state index contributed by atoms with van der Waals surface area (Å²) < 4.78 is 0. The number of phenolic OH excluding ortho intramolecular Hbond substituents is 1. The van der Waals surface area contributed by atoms with E-state index in [0.717, 1.165) is 18.2 Å². The fraction of sp³-hybridized carbons (Fsp3) is 0.323. The number of hydrogen-bond acceptors (Lipinski definition) is 16. The number of carboxylic acids is 3. The first kappa shape index (κ1) is 70.5. The fourth-order valence-electron chi connectivity index (χ4n) is 9.11. The van der Waals surface area contributed by atoms with Crippen LogP contribution in [0.2, 0.25) is 0 Å². The molecule has 0 aromatic heterocycles. The monoisotopic (exact) mass is 1260 g/mol. The molecule has 5 aromatic rings. The van der Waals surface area contributed by atoms with Crippen molar-refractivity contribution >= 4 is 82.4 Å². The van der Waals surface area contributed by atoms with E-state index in [9.17, 15) is 88.1 Å². The van der Waals surface area contributed by atoms with Crippen molar-refractivity contribution in [2.45, 2.75) is 121 Å². The van der Waals surface area contributed by atoms with E-state index in [1.54, 1.807) is 103 Å². The number of amides is 9. The fourth-order valence-corrected chi connectivity index (χ4v) is 9.11. The van der Waals surface area contributed by atoms with Gasteiger partial charge >= 0.3 is 23.6 Å². The summed E-state index contributed by atoms with van der Waals surface area (Å²) in [6.45, 7) is 5.62. The van der Waals surface area contributed by atoms with Crippen LogP contribution in [0.3, 0.4) is 0 Å². The number of hydrogen-bond donors (Lipinski definition) is 14. The molecule has 0 aliphatic rings. The average molecular weight is 1260 g/mol. The molecule has 5 aromatic carbocycles. The number of nitro benzene ring substituents is 1. The Balaban J connectivity index is 1.36. The third-order valence-corrected chi connectivity index (χ3v) is 14.0. The summed E-state index contributed by atoms with van der Waals surface area (Å²) in [6.07, 6.45) is -3.46. The second-order valence-electron chi connectivity index (χ2n) is 21.5. The van der Waals surface area contributed by atoms with Crippen molar-refractivity contribution in [1.29, 1.82) is 0 Å². The zero-order valence-electron chi connectivity index (χ0n) is 49.7. The number of nitrogens with zero attached hydrogens (tertiary/aromatic N) is 1. The maximum Gasteiger partial charge on any atom is 0.326 e. The van der Waals surface area contributed by atoms with E-state index in [1.807, 2.05) is 5.32 Å². The zero-order valence-corrected chi connectivity index (χ0v) is 49.7. The molecule has 0 spiro atoms. The summed E-state index contributed by atoms with van der Waals surface area (Å²) in [4.78, 5) is 173. The van der Waals surface area contributed by atoms with Gasteiger partial charge in [0.1, 0.15) is 54.4 Å². The van der Waals surface area contributed by atoms with Gasteiger partial charge in [0.05, 0.1) is 23.3 Å². The highest BCUT2D eigenvalue weighted by molar-refractivity contribution is 6.02. The lowest BCUT2D eigenvalue weighted by atomic mass is 9.99. The molecule has 0 radical (unpaired) electrons. The van der Waals surface area contributed by atoms with E-state index in [2.05, 4.69) is 42.5 Å². The van der Waals surface area contributed by atoms with Gasteiger partial charge in [-0.1, -0.05) is 123 Å². The van der Waals surface area contributed by atoms with Gasteiger partial charge in [-0.25, -0.2) is 4.79 Å². The molecule has 5 rings (SSSR count). The SMILES string of the molecule is CC(NC(=O)c1ccccc1N)C(=O)NC(Cc1ccccc1)C(=O)NC(C)C(=O)NC(Cc1ccccc1)C(=O)NC(CC(=O)O)C(=O)NC(C(=O)NC(Cc1ccccc1)C(=O)NC(Cc1ccc(O)c([N+](=O)[O-])c1)C(=O)NC(CC(=O)O)C(=O)O)C(C)C. The van der Waals surface area contributed by atoms with Crippen molar-refractivity contribution < 1.29 is 82.9 Å². The number of rotatable bonds is 33. The summed E-state index contributed by atoms with van der Waals surface area (Å²) >= 11 is 0. The maximum absolute atomic E-state index is 14.4. The topological polar surface area (TPSA) is 463 Å². The molecule has 0 saturated carbocycles. The van der Waals surface area contributed by atoms with Crippen LogP contribution in [0.15, 0.2) is 133 Å². The van der Waals surface area contributed by atoms with Crippen LogP contribution in [0.25, 0.3) is 0 Å². The van der Waals surface area contributed by atoms with Crippen molar-refractivity contribution in [2.24, 2.45) is 5.92 Å². The lowest BCUT2D eigenvalue weighted by Gasteiger charge is -2.29. The van der Waals surface area contributed by atoms with Gasteiger partial charge in [-0.3, -0.25) is 62.9 Å². The number of carbonyl (C=O) groups excluding carboxylic acids is 9. The third kappa shape index (κ3) is 22.1. The molecule has 0 bridgehead atoms. The van der Waals surface area contributed by atoms with E-state index < -0.39 is 167 Å². The molecule has 9 amide bonds. The third-order valence-electron chi connectivity index (χ3n) is 14.0. The minimum absolute atomic E-state index is 0.0455.